The van der Waals surface area contributed by atoms with E-state index in [-0.39, 0.29) is 17.4 Å². The number of carbonyl (C=O) groups is 1. The molecule has 0 aliphatic carbocycles. The Labute approximate surface area is 93.8 Å². The van der Waals surface area contributed by atoms with Crippen LogP contribution in [0.4, 0.5) is 0 Å². The van der Waals surface area contributed by atoms with Gasteiger partial charge in [-0.25, -0.2) is 10.9 Å². The summed E-state index contributed by atoms with van der Waals surface area (Å²) < 4.78 is 0. The maximum atomic E-state index is 11.5. The van der Waals surface area contributed by atoms with Gasteiger partial charge in [0.05, 0.1) is 6.42 Å². The van der Waals surface area contributed by atoms with Gasteiger partial charge in [0, 0.05) is 0 Å². The molecule has 0 bridgehead atoms. The third kappa shape index (κ3) is 3.30. The van der Waals surface area contributed by atoms with E-state index in [0.717, 1.165) is 16.1 Å². The minimum Gasteiger partial charge on any atom is -0.375 e. The highest BCUT2D eigenvalue weighted by Gasteiger charge is 2.11. The highest BCUT2D eigenvalue weighted by molar-refractivity contribution is 7.80. The predicted molar refractivity (Wildman–Crippen MR) is 62.7 cm³/mol. The minimum absolute atomic E-state index is 0.118. The number of benzene rings is 1. The normalized spacial score (nSPS) is 9.73. The highest BCUT2D eigenvalue weighted by atomic mass is 32.1. The first-order valence-corrected chi connectivity index (χ1v) is 4.84. The Balaban J connectivity index is 2.66. The number of hydrogen-bond donors (Lipinski definition) is 2. The summed E-state index contributed by atoms with van der Waals surface area (Å²) in [5.41, 5.74) is 7.26. The van der Waals surface area contributed by atoms with Gasteiger partial charge in [-0.2, -0.15) is 0 Å². The highest BCUT2D eigenvalue weighted by Crippen LogP contribution is 2.04. The van der Waals surface area contributed by atoms with Crippen LogP contribution in [0.3, 0.4) is 0 Å². The first-order valence-electron chi connectivity index (χ1n) is 4.43. The molecule has 0 saturated heterocycles. The van der Waals surface area contributed by atoms with Crippen LogP contribution in [0, 0.1) is 6.92 Å². The van der Waals surface area contributed by atoms with Gasteiger partial charge in [0.15, 0.2) is 5.11 Å². The van der Waals surface area contributed by atoms with E-state index in [1.807, 2.05) is 31.2 Å². The Morgan fingerprint density at radius 3 is 2.40 bits per heavy atom. The summed E-state index contributed by atoms with van der Waals surface area (Å²) in [7, 11) is 0. The molecule has 0 aliphatic heterocycles. The van der Waals surface area contributed by atoms with E-state index in [1.54, 1.807) is 0 Å². The average Bonchev–Trinajstić information content (AvgIpc) is 2.20. The van der Waals surface area contributed by atoms with Gasteiger partial charge in [-0.3, -0.25) is 4.79 Å². The van der Waals surface area contributed by atoms with Crippen LogP contribution in [0.25, 0.3) is 0 Å². The van der Waals surface area contributed by atoms with Gasteiger partial charge >= 0.3 is 0 Å². The third-order valence-corrected chi connectivity index (χ3v) is 2.18. The molecule has 4 N–H and O–H groups in total. The van der Waals surface area contributed by atoms with E-state index in [2.05, 4.69) is 12.2 Å². The number of amides is 1. The zero-order valence-corrected chi connectivity index (χ0v) is 9.25. The lowest BCUT2D eigenvalue weighted by atomic mass is 10.1. The number of rotatable bonds is 2. The first-order chi connectivity index (χ1) is 7.00. The SMILES string of the molecule is Cc1ccc(CC(=O)N(N)C(N)=S)cc1. The van der Waals surface area contributed by atoms with Crippen LogP contribution >= 0.6 is 12.2 Å². The number of nitrogens with zero attached hydrogens (tertiary/aromatic N) is 1. The van der Waals surface area contributed by atoms with Gasteiger partial charge in [-0.1, -0.05) is 29.8 Å². The Hall–Kier alpha value is -1.46. The molecule has 15 heavy (non-hydrogen) atoms. The Morgan fingerprint density at radius 2 is 1.93 bits per heavy atom. The molecule has 0 radical (unpaired) electrons. The Kier molecular flexibility index (Phi) is 3.76. The topological polar surface area (TPSA) is 72.3 Å². The summed E-state index contributed by atoms with van der Waals surface area (Å²) in [6.45, 7) is 1.98. The summed E-state index contributed by atoms with van der Waals surface area (Å²) in [6, 6.07) is 7.62. The van der Waals surface area contributed by atoms with Gasteiger partial charge in [0.25, 0.3) is 0 Å². The maximum absolute atomic E-state index is 11.5. The molecule has 0 heterocycles. The van der Waals surface area contributed by atoms with E-state index in [4.69, 9.17) is 11.6 Å². The molecule has 0 fully saturated rings. The molecule has 0 saturated carbocycles. The molecule has 0 atom stereocenters. The quantitative estimate of drug-likeness (QED) is 0.331. The van der Waals surface area contributed by atoms with Crippen molar-refractivity contribution in [1.29, 1.82) is 0 Å². The van der Waals surface area contributed by atoms with E-state index >= 15 is 0 Å². The fraction of sp³-hybridized carbons (Fsp3) is 0.200. The van der Waals surface area contributed by atoms with Crippen molar-refractivity contribution in [2.45, 2.75) is 13.3 Å². The molecular weight excluding hydrogens is 210 g/mol. The summed E-state index contributed by atoms with van der Waals surface area (Å²) in [6.07, 6.45) is 0.202. The first kappa shape index (κ1) is 11.6. The summed E-state index contributed by atoms with van der Waals surface area (Å²) in [4.78, 5) is 11.5. The third-order valence-electron chi connectivity index (χ3n) is 1.98. The van der Waals surface area contributed by atoms with Crippen molar-refractivity contribution in [1.82, 2.24) is 5.01 Å². The molecule has 4 nitrogen and oxygen atoms in total. The molecule has 1 aromatic rings. The standard InChI is InChI=1S/C10H13N3OS/c1-7-2-4-8(5-3-7)6-9(14)13(12)10(11)15/h2-5H,6,12H2,1H3,(H2,11,15). The van der Waals surface area contributed by atoms with Crippen LogP contribution in [0.5, 0.6) is 0 Å². The van der Waals surface area contributed by atoms with Crippen molar-refractivity contribution in [2.24, 2.45) is 11.6 Å². The molecule has 1 aromatic carbocycles. The van der Waals surface area contributed by atoms with Crippen molar-refractivity contribution < 1.29 is 4.79 Å². The van der Waals surface area contributed by atoms with Crippen molar-refractivity contribution in [2.75, 3.05) is 0 Å². The number of hydrogen-bond acceptors (Lipinski definition) is 3. The van der Waals surface area contributed by atoms with Crippen LogP contribution in [-0.4, -0.2) is 16.0 Å². The van der Waals surface area contributed by atoms with E-state index < -0.39 is 0 Å². The summed E-state index contributed by atoms with van der Waals surface area (Å²) >= 11 is 4.59. The maximum Gasteiger partial charge on any atom is 0.247 e. The van der Waals surface area contributed by atoms with Crippen molar-refractivity contribution in [3.8, 4) is 0 Å². The van der Waals surface area contributed by atoms with Crippen molar-refractivity contribution in [3.05, 3.63) is 35.4 Å². The molecule has 0 spiro atoms. The lowest BCUT2D eigenvalue weighted by molar-refractivity contribution is -0.126. The van der Waals surface area contributed by atoms with Crippen LogP contribution in [0.15, 0.2) is 24.3 Å². The molecule has 1 amide bonds. The molecular formula is C10H13N3OS. The second kappa shape index (κ2) is 4.86. The predicted octanol–water partition coefficient (Wildman–Crippen LogP) is 0.483. The van der Waals surface area contributed by atoms with Gasteiger partial charge in [0.1, 0.15) is 0 Å². The number of thiocarbonyl (C=S) groups is 1. The van der Waals surface area contributed by atoms with Crippen LogP contribution < -0.4 is 11.6 Å². The van der Waals surface area contributed by atoms with Gasteiger partial charge in [-0.15, -0.1) is 0 Å². The molecule has 1 rings (SSSR count). The molecule has 0 aromatic heterocycles. The second-order valence-corrected chi connectivity index (χ2v) is 3.68. The van der Waals surface area contributed by atoms with Gasteiger partial charge < -0.3 is 5.73 Å². The molecule has 80 valence electrons. The number of aryl methyl sites for hydroxylation is 1. The van der Waals surface area contributed by atoms with Crippen molar-refractivity contribution >= 4 is 23.2 Å². The second-order valence-electron chi connectivity index (χ2n) is 3.26. The lowest BCUT2D eigenvalue weighted by Gasteiger charge is -2.13. The number of nitrogens with two attached hydrogens (primary N) is 2. The smallest absolute Gasteiger partial charge is 0.247 e. The van der Waals surface area contributed by atoms with E-state index in [1.165, 1.54) is 0 Å². The largest absolute Gasteiger partial charge is 0.375 e. The average molecular weight is 223 g/mol. The molecule has 0 aliphatic rings. The van der Waals surface area contributed by atoms with Crippen molar-refractivity contribution in [3.63, 3.8) is 0 Å². The lowest BCUT2D eigenvalue weighted by Crippen LogP contribution is -2.46. The number of carbonyl (C=O) groups excluding carboxylic acids is 1. The fourth-order valence-corrected chi connectivity index (χ4v) is 1.19. The summed E-state index contributed by atoms with van der Waals surface area (Å²) in [5.74, 6) is 5.04. The minimum atomic E-state index is -0.314. The summed E-state index contributed by atoms with van der Waals surface area (Å²) in [5, 5.41) is 0.668. The van der Waals surface area contributed by atoms with Crippen LogP contribution in [0.2, 0.25) is 0 Å². The Morgan fingerprint density at radius 1 is 1.40 bits per heavy atom. The fourth-order valence-electron chi connectivity index (χ4n) is 1.09. The molecule has 0 unspecified atom stereocenters. The van der Waals surface area contributed by atoms with E-state index in [0.29, 0.717) is 0 Å². The monoisotopic (exact) mass is 223 g/mol. The van der Waals surface area contributed by atoms with Crippen LogP contribution in [-0.2, 0) is 11.2 Å². The van der Waals surface area contributed by atoms with E-state index in [9.17, 15) is 4.79 Å². The molecule has 5 heteroatoms. The zero-order chi connectivity index (χ0) is 11.4. The van der Waals surface area contributed by atoms with Gasteiger partial charge in [0.2, 0.25) is 5.91 Å². The zero-order valence-electron chi connectivity index (χ0n) is 8.43. The number of hydrazine groups is 1. The Bertz CT molecular complexity index is 375. The van der Waals surface area contributed by atoms with Crippen LogP contribution in [0.1, 0.15) is 11.1 Å². The van der Waals surface area contributed by atoms with Gasteiger partial charge in [-0.05, 0) is 24.7 Å².